The van der Waals surface area contributed by atoms with Gasteiger partial charge in [-0.3, -0.25) is 0 Å². The van der Waals surface area contributed by atoms with E-state index in [0.717, 1.165) is 17.2 Å². The fraction of sp³-hybridized carbons (Fsp3) is 0.0625. The number of nitrogens with one attached hydrogen (secondary N) is 1. The van der Waals surface area contributed by atoms with E-state index in [0.29, 0.717) is 17.8 Å². The van der Waals surface area contributed by atoms with Crippen molar-refractivity contribution in [3.05, 3.63) is 59.7 Å². The maximum Gasteiger partial charge on any atom is 0.240 e. The molecule has 0 amide bonds. The maximum absolute atomic E-state index is 10.4. The molecule has 0 aliphatic rings. The highest BCUT2D eigenvalue weighted by molar-refractivity contribution is 5.59. The number of hydrogen-bond donors (Lipinski definition) is 1. The van der Waals surface area contributed by atoms with Gasteiger partial charge in [-0.05, 0) is 23.3 Å². The predicted octanol–water partition coefficient (Wildman–Crippen LogP) is 3.11. The monoisotopic (exact) mass is 293 g/mol. The van der Waals surface area contributed by atoms with Crippen molar-refractivity contribution < 1.29 is 14.4 Å². The Kier molecular flexibility index (Phi) is 7.17. The van der Waals surface area contributed by atoms with Gasteiger partial charge in [-0.25, -0.2) is 19.8 Å². The van der Waals surface area contributed by atoms with Crippen molar-refractivity contribution in [3.8, 4) is 0 Å². The summed E-state index contributed by atoms with van der Waals surface area (Å²) in [6.45, 7) is 0. The average Bonchev–Trinajstić information content (AvgIpc) is 2.52. The van der Waals surface area contributed by atoms with Gasteiger partial charge in [0.05, 0.1) is 11.4 Å². The smallest absolute Gasteiger partial charge is 0.222 e. The van der Waals surface area contributed by atoms with Gasteiger partial charge in [-0.1, -0.05) is 36.4 Å². The molecule has 22 heavy (non-hydrogen) atoms. The highest BCUT2D eigenvalue weighted by Gasteiger charge is 2.05. The molecule has 0 aliphatic heterocycles. The Morgan fingerprint density at radius 1 is 0.773 bits per heavy atom. The van der Waals surface area contributed by atoms with Crippen LogP contribution < -0.4 is 0 Å². The molecule has 0 saturated heterocycles. The summed E-state index contributed by atoms with van der Waals surface area (Å²) >= 11 is 0. The van der Waals surface area contributed by atoms with E-state index in [2.05, 4.69) is 9.98 Å². The highest BCUT2D eigenvalue weighted by Crippen LogP contribution is 2.26. The molecule has 6 nitrogen and oxygen atoms in total. The summed E-state index contributed by atoms with van der Waals surface area (Å²) in [6, 6.07) is 14.6. The van der Waals surface area contributed by atoms with Gasteiger partial charge >= 0.3 is 0 Å². The summed E-state index contributed by atoms with van der Waals surface area (Å²) in [4.78, 5) is 36.5. The standard InChI is InChI=1S/C15H10N2O2.CHNO/c18-10-16-14-7-3-1-5-12(14)9-13-6-2-4-8-15(13)17-11-19;2-1-3/h1-8H,9H2;2H. The van der Waals surface area contributed by atoms with Crippen LogP contribution >= 0.6 is 0 Å². The largest absolute Gasteiger partial charge is 0.240 e. The number of aliphatic imine (C=N–C) groups is 2. The van der Waals surface area contributed by atoms with Gasteiger partial charge in [0.1, 0.15) is 0 Å². The lowest BCUT2D eigenvalue weighted by molar-refractivity contribution is 0.562. The molecule has 0 atom stereocenters. The van der Waals surface area contributed by atoms with Crippen LogP contribution in [0.1, 0.15) is 11.1 Å². The van der Waals surface area contributed by atoms with E-state index in [1.54, 1.807) is 24.3 Å². The number of benzene rings is 2. The first-order valence-electron chi connectivity index (χ1n) is 6.12. The second-order valence-electron chi connectivity index (χ2n) is 3.94. The maximum atomic E-state index is 10.4. The molecular formula is C16H11N3O3. The van der Waals surface area contributed by atoms with Crippen molar-refractivity contribution in [2.75, 3.05) is 0 Å². The highest BCUT2D eigenvalue weighted by atomic mass is 16.1. The lowest BCUT2D eigenvalue weighted by Gasteiger charge is -2.06. The molecule has 2 rings (SSSR count). The third kappa shape index (κ3) is 4.93. The van der Waals surface area contributed by atoms with E-state index in [9.17, 15) is 9.59 Å². The van der Waals surface area contributed by atoms with Crippen LogP contribution in [0.5, 0.6) is 0 Å². The SMILES string of the molecule is N=C=O.O=C=Nc1ccccc1Cc1ccccc1N=C=O. The summed E-state index contributed by atoms with van der Waals surface area (Å²) < 4.78 is 0. The summed E-state index contributed by atoms with van der Waals surface area (Å²) in [5.41, 5.74) is 2.89. The molecule has 0 fully saturated rings. The Balaban J connectivity index is 0.000000745. The fourth-order valence-corrected chi connectivity index (χ4v) is 1.84. The third-order valence-electron chi connectivity index (χ3n) is 2.70. The molecule has 2 aromatic carbocycles. The van der Waals surface area contributed by atoms with E-state index in [4.69, 9.17) is 10.2 Å². The minimum atomic E-state index is 0.530. The van der Waals surface area contributed by atoms with Crippen LogP contribution in [-0.4, -0.2) is 18.2 Å². The Morgan fingerprint density at radius 3 is 1.50 bits per heavy atom. The summed E-state index contributed by atoms with van der Waals surface area (Å²) in [5, 5.41) is 5.40. The topological polar surface area (TPSA) is 99.8 Å². The second kappa shape index (κ2) is 9.48. The van der Waals surface area contributed by atoms with Crippen molar-refractivity contribution in [1.82, 2.24) is 0 Å². The molecule has 0 spiro atoms. The zero-order valence-electron chi connectivity index (χ0n) is 11.4. The molecule has 0 saturated carbocycles. The van der Waals surface area contributed by atoms with Crippen molar-refractivity contribution in [2.24, 2.45) is 9.98 Å². The van der Waals surface area contributed by atoms with Crippen molar-refractivity contribution in [2.45, 2.75) is 6.42 Å². The van der Waals surface area contributed by atoms with Crippen molar-refractivity contribution in [1.29, 1.82) is 5.41 Å². The molecule has 0 heterocycles. The Labute approximate surface area is 126 Å². The van der Waals surface area contributed by atoms with Gasteiger partial charge in [-0.2, -0.15) is 9.98 Å². The molecule has 0 bridgehead atoms. The van der Waals surface area contributed by atoms with Crippen LogP contribution in [0.25, 0.3) is 0 Å². The van der Waals surface area contributed by atoms with Crippen LogP contribution in [0.4, 0.5) is 11.4 Å². The number of carbonyl (C=O) groups excluding carboxylic acids is 3. The Bertz CT molecular complexity index is 708. The Morgan fingerprint density at radius 2 is 1.14 bits per heavy atom. The summed E-state index contributed by atoms with van der Waals surface area (Å²) in [6.07, 6.45) is 4.36. The van der Waals surface area contributed by atoms with Crippen LogP contribution in [0.2, 0.25) is 0 Å². The van der Waals surface area contributed by atoms with E-state index in [1.165, 1.54) is 12.2 Å². The van der Waals surface area contributed by atoms with Crippen LogP contribution in [0.15, 0.2) is 58.5 Å². The Hall–Kier alpha value is -3.42. The summed E-state index contributed by atoms with van der Waals surface area (Å²) in [5.74, 6) is 0. The van der Waals surface area contributed by atoms with Crippen molar-refractivity contribution in [3.63, 3.8) is 0 Å². The molecule has 0 aliphatic carbocycles. The molecule has 0 aromatic heterocycles. The van der Waals surface area contributed by atoms with Gasteiger partial charge in [0.2, 0.25) is 18.2 Å². The molecule has 2 aromatic rings. The van der Waals surface area contributed by atoms with Gasteiger partial charge in [-0.15, -0.1) is 0 Å². The molecule has 0 unspecified atom stereocenters. The number of rotatable bonds is 4. The van der Waals surface area contributed by atoms with Crippen molar-refractivity contribution >= 4 is 29.6 Å². The number of para-hydroxylation sites is 2. The van der Waals surface area contributed by atoms with E-state index in [1.807, 2.05) is 24.3 Å². The number of hydrogen-bond acceptors (Lipinski definition) is 6. The average molecular weight is 293 g/mol. The van der Waals surface area contributed by atoms with E-state index < -0.39 is 0 Å². The normalized spacial score (nSPS) is 8.36. The molecule has 108 valence electrons. The third-order valence-corrected chi connectivity index (χ3v) is 2.70. The minimum Gasteiger partial charge on any atom is -0.222 e. The van der Waals surface area contributed by atoms with E-state index in [-0.39, 0.29) is 0 Å². The molecule has 6 heteroatoms. The minimum absolute atomic E-state index is 0.530. The quantitative estimate of drug-likeness (QED) is 0.692. The first kappa shape index (κ1) is 16.6. The fourth-order valence-electron chi connectivity index (χ4n) is 1.84. The number of nitrogens with zero attached hydrogens (tertiary/aromatic N) is 2. The second-order valence-corrected chi connectivity index (χ2v) is 3.94. The predicted molar refractivity (Wildman–Crippen MR) is 79.7 cm³/mol. The van der Waals surface area contributed by atoms with Crippen LogP contribution in [0.3, 0.4) is 0 Å². The number of isocyanates is 3. The van der Waals surface area contributed by atoms with Crippen LogP contribution in [-0.2, 0) is 20.8 Å². The molecule has 0 radical (unpaired) electrons. The molecular weight excluding hydrogens is 282 g/mol. The van der Waals surface area contributed by atoms with Gasteiger partial charge < -0.3 is 0 Å². The zero-order valence-corrected chi connectivity index (χ0v) is 11.4. The van der Waals surface area contributed by atoms with E-state index >= 15 is 0 Å². The van der Waals surface area contributed by atoms with Gasteiger partial charge in [0.15, 0.2) is 0 Å². The van der Waals surface area contributed by atoms with Gasteiger partial charge in [0, 0.05) is 6.42 Å². The lowest BCUT2D eigenvalue weighted by atomic mass is 10.0. The van der Waals surface area contributed by atoms with Gasteiger partial charge in [0.25, 0.3) is 0 Å². The molecule has 1 N–H and O–H groups in total. The lowest BCUT2D eigenvalue weighted by Crippen LogP contribution is -1.89. The first-order valence-corrected chi connectivity index (χ1v) is 6.12. The summed E-state index contributed by atoms with van der Waals surface area (Å²) in [7, 11) is 0. The first-order chi connectivity index (χ1) is 10.8. The zero-order chi connectivity index (χ0) is 16.2. The van der Waals surface area contributed by atoms with Crippen LogP contribution in [0, 0.1) is 5.41 Å².